The Hall–Kier alpha value is -2.89. The Kier molecular flexibility index (Phi) is 5.55. The minimum atomic E-state index is 0.0817. The second kappa shape index (κ2) is 8.42. The van der Waals surface area contributed by atoms with Crippen molar-refractivity contribution in [2.75, 3.05) is 36.4 Å². The molecule has 2 aromatic rings. The number of hydrogen-bond donors (Lipinski definition) is 1. The van der Waals surface area contributed by atoms with Crippen LogP contribution in [-0.4, -0.2) is 47.9 Å². The van der Waals surface area contributed by atoms with E-state index in [1.54, 1.807) is 6.20 Å². The number of carbonyl (C=O) groups excluding carboxylic acids is 2. The monoisotopic (exact) mass is 378 g/mol. The number of carbonyl (C=O) groups is 2. The van der Waals surface area contributed by atoms with Gasteiger partial charge in [0.15, 0.2) is 0 Å². The average Bonchev–Trinajstić information content (AvgIpc) is 3.30. The highest BCUT2D eigenvalue weighted by molar-refractivity contribution is 5.94. The predicted octanol–water partition coefficient (Wildman–Crippen LogP) is 3.17. The molecule has 0 spiro atoms. The van der Waals surface area contributed by atoms with Crippen LogP contribution in [0.4, 0.5) is 11.5 Å². The summed E-state index contributed by atoms with van der Waals surface area (Å²) in [5.74, 6) is 1.22. The van der Waals surface area contributed by atoms with Crippen LogP contribution in [0.15, 0.2) is 48.7 Å². The first-order chi connectivity index (χ1) is 13.7. The Morgan fingerprint density at radius 1 is 0.929 bits per heavy atom. The first-order valence-corrected chi connectivity index (χ1v) is 10.1. The average molecular weight is 378 g/mol. The van der Waals surface area contributed by atoms with Gasteiger partial charge in [-0.25, -0.2) is 4.98 Å². The molecule has 1 saturated carbocycles. The van der Waals surface area contributed by atoms with Crippen molar-refractivity contribution in [3.63, 3.8) is 0 Å². The molecule has 0 unspecified atom stereocenters. The largest absolute Gasteiger partial charge is 0.353 e. The number of amides is 2. The minimum Gasteiger partial charge on any atom is -0.353 e. The van der Waals surface area contributed by atoms with Crippen LogP contribution in [0, 0.1) is 5.92 Å². The molecule has 0 atom stereocenters. The van der Waals surface area contributed by atoms with E-state index in [2.05, 4.69) is 15.2 Å². The molecule has 1 aliphatic heterocycles. The normalized spacial score (nSPS) is 17.6. The van der Waals surface area contributed by atoms with Crippen LogP contribution in [0.1, 0.15) is 36.0 Å². The summed E-state index contributed by atoms with van der Waals surface area (Å²) in [5.41, 5.74) is 1.48. The van der Waals surface area contributed by atoms with Crippen molar-refractivity contribution in [2.45, 2.75) is 25.7 Å². The van der Waals surface area contributed by atoms with Gasteiger partial charge < -0.3 is 15.1 Å². The topological polar surface area (TPSA) is 65.5 Å². The van der Waals surface area contributed by atoms with Crippen molar-refractivity contribution in [3.05, 3.63) is 54.2 Å². The molecule has 6 heteroatoms. The molecule has 1 N–H and O–H groups in total. The lowest BCUT2D eigenvalue weighted by Gasteiger charge is -2.35. The van der Waals surface area contributed by atoms with Gasteiger partial charge in [-0.15, -0.1) is 0 Å². The molecule has 1 aromatic carbocycles. The fourth-order valence-electron chi connectivity index (χ4n) is 3.98. The maximum Gasteiger partial charge on any atom is 0.253 e. The van der Waals surface area contributed by atoms with E-state index in [0.29, 0.717) is 13.1 Å². The maximum absolute atomic E-state index is 12.6. The van der Waals surface area contributed by atoms with Gasteiger partial charge in [-0.1, -0.05) is 31.0 Å². The van der Waals surface area contributed by atoms with Crippen molar-refractivity contribution in [1.29, 1.82) is 0 Å². The number of nitrogens with zero attached hydrogens (tertiary/aromatic N) is 3. The molecule has 4 rings (SSSR count). The summed E-state index contributed by atoms with van der Waals surface area (Å²) in [6.07, 6.45) is 6.00. The Morgan fingerprint density at radius 3 is 2.29 bits per heavy atom. The molecule has 1 aromatic heterocycles. The highest BCUT2D eigenvalue weighted by Crippen LogP contribution is 2.26. The van der Waals surface area contributed by atoms with E-state index in [9.17, 15) is 9.59 Å². The Bertz CT molecular complexity index is 808. The van der Waals surface area contributed by atoms with Crippen molar-refractivity contribution in [2.24, 2.45) is 5.92 Å². The van der Waals surface area contributed by atoms with E-state index < -0.39 is 0 Å². The molecule has 1 saturated heterocycles. The minimum absolute atomic E-state index is 0.0817. The summed E-state index contributed by atoms with van der Waals surface area (Å²) in [4.78, 5) is 33.4. The third kappa shape index (κ3) is 4.16. The predicted molar refractivity (Wildman–Crippen MR) is 109 cm³/mol. The first kappa shape index (κ1) is 18.5. The van der Waals surface area contributed by atoms with Gasteiger partial charge in [-0.05, 0) is 37.1 Å². The number of piperazine rings is 1. The van der Waals surface area contributed by atoms with Gasteiger partial charge >= 0.3 is 0 Å². The third-order valence-electron chi connectivity index (χ3n) is 5.65. The molecular formula is C22H26N4O2. The molecule has 2 aliphatic rings. The van der Waals surface area contributed by atoms with E-state index in [1.165, 1.54) is 0 Å². The molecule has 28 heavy (non-hydrogen) atoms. The lowest BCUT2D eigenvalue weighted by Crippen LogP contribution is -2.49. The van der Waals surface area contributed by atoms with Crippen LogP contribution >= 0.6 is 0 Å². The zero-order chi connectivity index (χ0) is 19.3. The van der Waals surface area contributed by atoms with Crippen LogP contribution in [-0.2, 0) is 4.79 Å². The molecular weight excluding hydrogens is 352 g/mol. The number of rotatable bonds is 4. The van der Waals surface area contributed by atoms with E-state index >= 15 is 0 Å². The molecule has 1 aliphatic carbocycles. The van der Waals surface area contributed by atoms with Crippen molar-refractivity contribution >= 4 is 23.3 Å². The SMILES string of the molecule is O=C(Nc1ccc(N2CCN(C(=O)c3ccccc3)CC2)nc1)C1CCCC1. The van der Waals surface area contributed by atoms with Crippen molar-refractivity contribution < 1.29 is 9.59 Å². The van der Waals surface area contributed by atoms with Gasteiger partial charge in [-0.2, -0.15) is 0 Å². The molecule has 146 valence electrons. The number of aromatic nitrogens is 1. The number of hydrogen-bond acceptors (Lipinski definition) is 4. The quantitative estimate of drug-likeness (QED) is 0.887. The van der Waals surface area contributed by atoms with Crippen LogP contribution in [0.2, 0.25) is 0 Å². The molecule has 2 heterocycles. The summed E-state index contributed by atoms with van der Waals surface area (Å²) < 4.78 is 0. The number of benzene rings is 1. The summed E-state index contributed by atoms with van der Waals surface area (Å²) >= 11 is 0. The lowest BCUT2D eigenvalue weighted by molar-refractivity contribution is -0.119. The second-order valence-corrected chi connectivity index (χ2v) is 7.52. The van der Waals surface area contributed by atoms with E-state index in [1.807, 2.05) is 47.4 Å². The Balaban J connectivity index is 1.31. The van der Waals surface area contributed by atoms with Crippen LogP contribution in [0.5, 0.6) is 0 Å². The maximum atomic E-state index is 12.6. The Labute approximate surface area is 165 Å². The number of nitrogens with one attached hydrogen (secondary N) is 1. The molecule has 0 radical (unpaired) electrons. The van der Waals surface area contributed by atoms with E-state index in [4.69, 9.17) is 0 Å². The first-order valence-electron chi connectivity index (χ1n) is 10.1. The molecule has 0 bridgehead atoms. The number of pyridine rings is 1. The zero-order valence-corrected chi connectivity index (χ0v) is 16.0. The highest BCUT2D eigenvalue weighted by Gasteiger charge is 2.24. The van der Waals surface area contributed by atoms with Crippen LogP contribution in [0.25, 0.3) is 0 Å². The highest BCUT2D eigenvalue weighted by atomic mass is 16.2. The van der Waals surface area contributed by atoms with Gasteiger partial charge in [0.25, 0.3) is 5.91 Å². The number of anilines is 2. The lowest BCUT2D eigenvalue weighted by atomic mass is 10.1. The summed E-state index contributed by atoms with van der Waals surface area (Å²) in [6, 6.07) is 13.3. The molecule has 2 amide bonds. The van der Waals surface area contributed by atoms with Gasteiger partial charge in [-0.3, -0.25) is 9.59 Å². The summed E-state index contributed by atoms with van der Waals surface area (Å²) in [5, 5.41) is 2.98. The van der Waals surface area contributed by atoms with Crippen molar-refractivity contribution in [1.82, 2.24) is 9.88 Å². The third-order valence-corrected chi connectivity index (χ3v) is 5.65. The molecule has 6 nitrogen and oxygen atoms in total. The fourth-order valence-corrected chi connectivity index (χ4v) is 3.98. The van der Waals surface area contributed by atoms with Crippen molar-refractivity contribution in [3.8, 4) is 0 Å². The van der Waals surface area contributed by atoms with Gasteiger partial charge in [0.2, 0.25) is 5.91 Å². The van der Waals surface area contributed by atoms with E-state index in [-0.39, 0.29) is 17.7 Å². The van der Waals surface area contributed by atoms with Gasteiger partial charge in [0.05, 0.1) is 11.9 Å². The zero-order valence-electron chi connectivity index (χ0n) is 16.0. The summed E-state index contributed by atoms with van der Waals surface area (Å²) in [7, 11) is 0. The summed E-state index contributed by atoms with van der Waals surface area (Å²) in [6.45, 7) is 2.85. The second-order valence-electron chi connectivity index (χ2n) is 7.52. The molecule has 2 fully saturated rings. The van der Waals surface area contributed by atoms with E-state index in [0.717, 1.165) is 55.8 Å². The van der Waals surface area contributed by atoms with Crippen LogP contribution in [0.3, 0.4) is 0 Å². The van der Waals surface area contributed by atoms with Gasteiger partial charge in [0, 0.05) is 37.7 Å². The van der Waals surface area contributed by atoms with Gasteiger partial charge in [0.1, 0.15) is 5.82 Å². The fraction of sp³-hybridized carbons (Fsp3) is 0.409. The van der Waals surface area contributed by atoms with Crippen LogP contribution < -0.4 is 10.2 Å². The Morgan fingerprint density at radius 2 is 1.64 bits per heavy atom. The smallest absolute Gasteiger partial charge is 0.253 e. The standard InChI is InChI=1S/C22H26N4O2/c27-21(17-6-4-5-7-17)24-19-10-11-20(23-16-19)25-12-14-26(15-13-25)22(28)18-8-2-1-3-9-18/h1-3,8-11,16-17H,4-7,12-15H2,(H,24,27).